The van der Waals surface area contributed by atoms with E-state index in [0.717, 1.165) is 96.3 Å². The summed E-state index contributed by atoms with van der Waals surface area (Å²) >= 11 is 0. The van der Waals surface area contributed by atoms with Crippen molar-refractivity contribution in [3.63, 3.8) is 0 Å². The first-order valence-electron chi connectivity index (χ1n) is 30.9. The summed E-state index contributed by atoms with van der Waals surface area (Å²) in [5.41, 5.74) is 0. The van der Waals surface area contributed by atoms with Crippen molar-refractivity contribution in [2.24, 2.45) is 0 Å². The third-order valence-corrected chi connectivity index (χ3v) is 13.4. The van der Waals surface area contributed by atoms with Crippen molar-refractivity contribution < 1.29 is 28.6 Å². The third-order valence-electron chi connectivity index (χ3n) is 13.4. The maximum Gasteiger partial charge on any atom is 0.306 e. The van der Waals surface area contributed by atoms with E-state index in [1.165, 1.54) is 173 Å². The highest BCUT2D eigenvalue weighted by atomic mass is 16.6. The lowest BCUT2D eigenvalue weighted by molar-refractivity contribution is -0.167. The molecule has 0 aromatic heterocycles. The fourth-order valence-electron chi connectivity index (χ4n) is 8.71. The van der Waals surface area contributed by atoms with E-state index >= 15 is 0 Å². The summed E-state index contributed by atoms with van der Waals surface area (Å²) in [5.74, 6) is -0.903. The molecule has 72 heavy (non-hydrogen) atoms. The lowest BCUT2D eigenvalue weighted by atomic mass is 10.1. The third kappa shape index (κ3) is 57.7. The molecule has 6 heteroatoms. The standard InChI is InChI=1S/C66H116O6/c1-4-7-10-13-16-19-22-25-28-30-32-33-34-36-38-41-44-47-50-53-56-59-65(68)71-62-63(61-70-64(67)58-55-52-49-46-43-40-37-27-24-21-18-15-12-9-6-3)72-66(69)60-57-54-51-48-45-42-39-35-31-29-26-23-20-17-14-11-8-5-2/h20,22-23,25,27,29-32,34,36-37,63H,4-19,21,24,26,28,33,35,38-62H2,1-3H3/b23-20-,25-22-,31-29-,32-30-,36-34-,37-27-. The Hall–Kier alpha value is -3.15. The molecule has 1 atom stereocenters. The van der Waals surface area contributed by atoms with Gasteiger partial charge >= 0.3 is 17.9 Å². The second-order valence-electron chi connectivity index (χ2n) is 20.6. The molecule has 0 radical (unpaired) electrons. The predicted octanol–water partition coefficient (Wildman–Crippen LogP) is 20.9. The molecule has 0 aliphatic heterocycles. The van der Waals surface area contributed by atoms with Gasteiger partial charge in [-0.3, -0.25) is 14.4 Å². The van der Waals surface area contributed by atoms with E-state index in [2.05, 4.69) is 93.7 Å². The fraction of sp³-hybridized carbons (Fsp3) is 0.773. The van der Waals surface area contributed by atoms with Gasteiger partial charge in [-0.1, -0.05) is 248 Å². The van der Waals surface area contributed by atoms with Gasteiger partial charge in [-0.2, -0.15) is 0 Å². The van der Waals surface area contributed by atoms with Crippen LogP contribution in [0.15, 0.2) is 72.9 Å². The molecule has 0 amide bonds. The van der Waals surface area contributed by atoms with E-state index in [4.69, 9.17) is 14.2 Å². The molecule has 0 aromatic rings. The van der Waals surface area contributed by atoms with Crippen LogP contribution in [0, 0.1) is 0 Å². The molecule has 6 nitrogen and oxygen atoms in total. The number of carbonyl (C=O) groups excluding carboxylic acids is 3. The average molecular weight is 1010 g/mol. The highest BCUT2D eigenvalue weighted by Crippen LogP contribution is 2.15. The Bertz CT molecular complexity index is 1340. The number of rotatable bonds is 56. The maximum atomic E-state index is 12.9. The number of esters is 3. The Morgan fingerprint density at radius 2 is 0.500 bits per heavy atom. The summed E-state index contributed by atoms with van der Waals surface area (Å²) in [7, 11) is 0. The first-order chi connectivity index (χ1) is 35.5. The first kappa shape index (κ1) is 68.8. The Labute approximate surface area is 446 Å². The summed E-state index contributed by atoms with van der Waals surface area (Å²) in [4.78, 5) is 38.3. The summed E-state index contributed by atoms with van der Waals surface area (Å²) in [6, 6.07) is 0. The molecular weight excluding hydrogens is 889 g/mol. The van der Waals surface area contributed by atoms with E-state index < -0.39 is 6.10 Å². The van der Waals surface area contributed by atoms with Crippen LogP contribution < -0.4 is 0 Å². The van der Waals surface area contributed by atoms with Crippen molar-refractivity contribution in [2.45, 2.75) is 316 Å². The second kappa shape index (κ2) is 60.4. The predicted molar refractivity (Wildman–Crippen MR) is 311 cm³/mol. The number of ether oxygens (including phenoxy) is 3. The highest BCUT2D eigenvalue weighted by molar-refractivity contribution is 5.71. The van der Waals surface area contributed by atoms with Gasteiger partial charge in [0, 0.05) is 19.3 Å². The molecule has 0 rings (SSSR count). The van der Waals surface area contributed by atoms with Crippen LogP contribution in [0.5, 0.6) is 0 Å². The minimum Gasteiger partial charge on any atom is -0.462 e. The lowest BCUT2D eigenvalue weighted by Crippen LogP contribution is -2.30. The Morgan fingerprint density at radius 3 is 0.806 bits per heavy atom. The van der Waals surface area contributed by atoms with Crippen LogP contribution in [0.1, 0.15) is 310 Å². The van der Waals surface area contributed by atoms with Crippen molar-refractivity contribution in [1.29, 1.82) is 0 Å². The van der Waals surface area contributed by atoms with Crippen molar-refractivity contribution in [3.05, 3.63) is 72.9 Å². The Morgan fingerprint density at radius 1 is 0.278 bits per heavy atom. The summed E-state index contributed by atoms with van der Waals surface area (Å²) in [5, 5.41) is 0. The molecule has 0 N–H and O–H groups in total. The number of hydrogen-bond donors (Lipinski definition) is 0. The molecule has 0 heterocycles. The van der Waals surface area contributed by atoms with Gasteiger partial charge in [0.2, 0.25) is 0 Å². The largest absolute Gasteiger partial charge is 0.462 e. The first-order valence-corrected chi connectivity index (χ1v) is 30.9. The van der Waals surface area contributed by atoms with E-state index in [0.29, 0.717) is 19.3 Å². The quantitative estimate of drug-likeness (QED) is 0.0261. The topological polar surface area (TPSA) is 78.9 Å². The molecule has 0 aromatic carbocycles. The number of carbonyl (C=O) groups is 3. The molecule has 0 bridgehead atoms. The highest BCUT2D eigenvalue weighted by Gasteiger charge is 2.19. The molecule has 0 spiro atoms. The van der Waals surface area contributed by atoms with Crippen LogP contribution >= 0.6 is 0 Å². The minimum atomic E-state index is -0.790. The summed E-state index contributed by atoms with van der Waals surface area (Å²) in [6.07, 6.45) is 77.5. The van der Waals surface area contributed by atoms with Crippen LogP contribution in [0.3, 0.4) is 0 Å². The van der Waals surface area contributed by atoms with E-state index in [9.17, 15) is 14.4 Å². The SMILES string of the molecule is CCCCCC/C=C\C/C=C\CCCCCCCCCC(=O)OC(COC(=O)CCCCCCC/C=C\CCCCCCCC)COC(=O)CCCCCCCC/C=C\C/C=C\C/C=C\CCCCCCC. The maximum absolute atomic E-state index is 12.9. The van der Waals surface area contributed by atoms with Crippen LogP contribution in [-0.4, -0.2) is 37.2 Å². The number of hydrogen-bond acceptors (Lipinski definition) is 6. The normalized spacial score (nSPS) is 12.5. The molecule has 0 saturated carbocycles. The van der Waals surface area contributed by atoms with Gasteiger partial charge in [0.1, 0.15) is 13.2 Å². The molecule has 0 aliphatic carbocycles. The van der Waals surface area contributed by atoms with Crippen LogP contribution in [0.4, 0.5) is 0 Å². The Balaban J connectivity index is 4.41. The van der Waals surface area contributed by atoms with E-state index in [-0.39, 0.29) is 31.1 Å². The summed E-state index contributed by atoms with van der Waals surface area (Å²) < 4.78 is 16.9. The van der Waals surface area contributed by atoms with Crippen LogP contribution in [0.2, 0.25) is 0 Å². The van der Waals surface area contributed by atoms with Gasteiger partial charge in [-0.05, 0) is 116 Å². The summed E-state index contributed by atoms with van der Waals surface area (Å²) in [6.45, 7) is 6.61. The second-order valence-corrected chi connectivity index (χ2v) is 20.6. The van der Waals surface area contributed by atoms with Gasteiger partial charge in [-0.25, -0.2) is 0 Å². The van der Waals surface area contributed by atoms with Gasteiger partial charge < -0.3 is 14.2 Å². The van der Waals surface area contributed by atoms with Gasteiger partial charge in [0.25, 0.3) is 0 Å². The number of allylic oxidation sites excluding steroid dienone is 12. The molecular formula is C66H116O6. The number of unbranched alkanes of at least 4 members (excludes halogenated alkanes) is 33. The van der Waals surface area contributed by atoms with E-state index in [1.807, 2.05) is 0 Å². The zero-order chi connectivity index (χ0) is 52.2. The molecule has 0 aliphatic rings. The molecule has 416 valence electrons. The molecule has 1 unspecified atom stereocenters. The van der Waals surface area contributed by atoms with Gasteiger partial charge in [0.15, 0.2) is 6.10 Å². The van der Waals surface area contributed by atoms with Gasteiger partial charge in [-0.15, -0.1) is 0 Å². The average Bonchev–Trinajstić information content (AvgIpc) is 3.38. The van der Waals surface area contributed by atoms with Crippen LogP contribution in [0.25, 0.3) is 0 Å². The zero-order valence-corrected chi connectivity index (χ0v) is 47.7. The lowest BCUT2D eigenvalue weighted by Gasteiger charge is -2.18. The van der Waals surface area contributed by atoms with Gasteiger partial charge in [0.05, 0.1) is 0 Å². The van der Waals surface area contributed by atoms with Crippen molar-refractivity contribution in [2.75, 3.05) is 13.2 Å². The van der Waals surface area contributed by atoms with Crippen molar-refractivity contribution >= 4 is 17.9 Å². The van der Waals surface area contributed by atoms with Crippen molar-refractivity contribution in [1.82, 2.24) is 0 Å². The fourth-order valence-corrected chi connectivity index (χ4v) is 8.71. The molecule has 0 fully saturated rings. The zero-order valence-electron chi connectivity index (χ0n) is 47.7. The smallest absolute Gasteiger partial charge is 0.306 e. The van der Waals surface area contributed by atoms with E-state index in [1.54, 1.807) is 0 Å². The Kier molecular flexibility index (Phi) is 57.8. The molecule has 0 saturated heterocycles. The van der Waals surface area contributed by atoms with Crippen molar-refractivity contribution in [3.8, 4) is 0 Å². The minimum absolute atomic E-state index is 0.0865. The monoisotopic (exact) mass is 1000 g/mol. The van der Waals surface area contributed by atoms with Crippen LogP contribution in [-0.2, 0) is 28.6 Å².